The summed E-state index contributed by atoms with van der Waals surface area (Å²) in [6.07, 6.45) is 9.89. The highest BCUT2D eigenvalue weighted by atomic mass is 32.1. The summed E-state index contributed by atoms with van der Waals surface area (Å²) < 4.78 is 7.72. The molecule has 3 heterocycles. The summed E-state index contributed by atoms with van der Waals surface area (Å²) in [5.41, 5.74) is 5.10. The average molecular weight is 542 g/mol. The van der Waals surface area contributed by atoms with Crippen LogP contribution in [0.15, 0.2) is 70.9 Å². The molecule has 3 aromatic heterocycles. The van der Waals surface area contributed by atoms with Gasteiger partial charge in [0.15, 0.2) is 5.13 Å². The lowest BCUT2D eigenvalue weighted by atomic mass is 9.95. The molecule has 0 radical (unpaired) electrons. The van der Waals surface area contributed by atoms with Crippen molar-refractivity contribution in [1.29, 1.82) is 0 Å². The van der Waals surface area contributed by atoms with Gasteiger partial charge in [0.05, 0.1) is 34.6 Å². The molecular weight excluding hydrogens is 510 g/mol. The zero-order valence-corrected chi connectivity index (χ0v) is 22.6. The molecule has 1 aliphatic carbocycles. The normalized spacial score (nSPS) is 14.9. The average Bonchev–Trinajstić information content (AvgIpc) is 3.73. The van der Waals surface area contributed by atoms with Crippen molar-refractivity contribution in [3.8, 4) is 17.1 Å². The summed E-state index contributed by atoms with van der Waals surface area (Å²) in [6.45, 7) is 0. The van der Waals surface area contributed by atoms with Gasteiger partial charge in [-0.05, 0) is 61.2 Å². The van der Waals surface area contributed by atoms with Crippen molar-refractivity contribution in [2.75, 3.05) is 12.4 Å². The Morgan fingerprint density at radius 1 is 1.13 bits per heavy atom. The second-order valence-electron chi connectivity index (χ2n) is 10.0. The number of rotatable bonds is 8. The minimum Gasteiger partial charge on any atom is -0.508 e. The molecule has 39 heavy (non-hydrogen) atoms. The van der Waals surface area contributed by atoms with Gasteiger partial charge in [-0.3, -0.25) is 4.79 Å². The Morgan fingerprint density at radius 3 is 2.67 bits per heavy atom. The van der Waals surface area contributed by atoms with Gasteiger partial charge >= 0.3 is 0 Å². The Bertz CT molecular complexity index is 1570. The minimum absolute atomic E-state index is 0.184. The standard InChI is InChI=1S/C30H31N5O3S/c1-31-30-34-26(18-39-30)24(15-19-7-10-23(36)11-8-19)33-29(37)20-9-12-27-25(16-20)32-28(21-13-14-38-17-21)35(27)22-5-3-2-4-6-22/h7-14,16-18,22,24,36H,2-6,15H2,1H3,(H,31,34)(H,33,37). The maximum atomic E-state index is 13.6. The number of benzene rings is 2. The van der Waals surface area contributed by atoms with Crippen molar-refractivity contribution < 1.29 is 14.3 Å². The lowest BCUT2D eigenvalue weighted by Gasteiger charge is -2.25. The van der Waals surface area contributed by atoms with Crippen LogP contribution in [-0.2, 0) is 6.42 Å². The Hall–Kier alpha value is -4.11. The van der Waals surface area contributed by atoms with E-state index in [4.69, 9.17) is 9.40 Å². The first-order chi connectivity index (χ1) is 19.1. The molecule has 3 N–H and O–H groups in total. The molecule has 0 bridgehead atoms. The van der Waals surface area contributed by atoms with Crippen molar-refractivity contribution in [1.82, 2.24) is 19.9 Å². The van der Waals surface area contributed by atoms with Gasteiger partial charge in [-0.15, -0.1) is 11.3 Å². The lowest BCUT2D eigenvalue weighted by molar-refractivity contribution is 0.0936. The van der Waals surface area contributed by atoms with Gasteiger partial charge in [0.2, 0.25) is 0 Å². The van der Waals surface area contributed by atoms with Crippen molar-refractivity contribution in [2.24, 2.45) is 0 Å². The fourth-order valence-corrected chi connectivity index (χ4v) is 6.17. The number of aromatic nitrogens is 3. The second-order valence-corrected chi connectivity index (χ2v) is 10.9. The Kier molecular flexibility index (Phi) is 7.06. The predicted molar refractivity (Wildman–Crippen MR) is 153 cm³/mol. The quantitative estimate of drug-likeness (QED) is 0.201. The van der Waals surface area contributed by atoms with Crippen molar-refractivity contribution in [3.05, 3.63) is 83.3 Å². The fraction of sp³-hybridized carbons (Fsp3) is 0.300. The summed E-state index contributed by atoms with van der Waals surface area (Å²) in [5, 5.41) is 18.7. The van der Waals surface area contributed by atoms with E-state index in [-0.39, 0.29) is 17.7 Å². The van der Waals surface area contributed by atoms with Gasteiger partial charge < -0.3 is 24.7 Å². The van der Waals surface area contributed by atoms with E-state index in [9.17, 15) is 9.90 Å². The maximum Gasteiger partial charge on any atom is 0.251 e. The highest BCUT2D eigenvalue weighted by Gasteiger charge is 2.24. The topological polar surface area (TPSA) is 105 Å². The first kappa shape index (κ1) is 25.2. The molecule has 1 unspecified atom stereocenters. The number of thiazole rings is 1. The number of carbonyl (C=O) groups is 1. The van der Waals surface area contributed by atoms with Crippen molar-refractivity contribution in [3.63, 3.8) is 0 Å². The molecular formula is C30H31N5O3S. The highest BCUT2D eigenvalue weighted by Crippen LogP contribution is 2.36. The Morgan fingerprint density at radius 2 is 1.95 bits per heavy atom. The van der Waals surface area contributed by atoms with E-state index in [1.165, 1.54) is 30.6 Å². The van der Waals surface area contributed by atoms with Gasteiger partial charge in [0.1, 0.15) is 17.8 Å². The lowest BCUT2D eigenvalue weighted by Crippen LogP contribution is -2.30. The van der Waals surface area contributed by atoms with Crippen LogP contribution in [0, 0.1) is 0 Å². The van der Waals surface area contributed by atoms with Crippen LogP contribution in [0.4, 0.5) is 5.13 Å². The first-order valence-electron chi connectivity index (χ1n) is 13.4. The number of imidazole rings is 1. The van der Waals surface area contributed by atoms with Gasteiger partial charge in [-0.25, -0.2) is 9.97 Å². The smallest absolute Gasteiger partial charge is 0.251 e. The van der Waals surface area contributed by atoms with Crippen LogP contribution >= 0.6 is 11.3 Å². The number of amides is 1. The number of carbonyl (C=O) groups excluding carboxylic acids is 1. The number of phenols is 1. The highest BCUT2D eigenvalue weighted by molar-refractivity contribution is 7.13. The molecule has 8 nitrogen and oxygen atoms in total. The molecule has 9 heteroatoms. The predicted octanol–water partition coefficient (Wildman–Crippen LogP) is 6.72. The van der Waals surface area contributed by atoms with Crippen molar-refractivity contribution >= 4 is 33.4 Å². The number of nitrogens with one attached hydrogen (secondary N) is 2. The van der Waals surface area contributed by atoms with E-state index >= 15 is 0 Å². The Balaban J connectivity index is 1.32. The molecule has 1 atom stereocenters. The van der Waals surface area contributed by atoms with Gasteiger partial charge in [0.25, 0.3) is 5.91 Å². The van der Waals surface area contributed by atoms with Crippen LogP contribution in [0.1, 0.15) is 65.8 Å². The zero-order chi connectivity index (χ0) is 26.8. The van der Waals surface area contributed by atoms with Crippen molar-refractivity contribution in [2.45, 2.75) is 50.6 Å². The summed E-state index contributed by atoms with van der Waals surface area (Å²) in [4.78, 5) is 23.2. The van der Waals surface area contributed by atoms with E-state index in [2.05, 4.69) is 20.2 Å². The third-order valence-corrected chi connectivity index (χ3v) is 8.32. The molecule has 1 aliphatic rings. The minimum atomic E-state index is -0.336. The monoisotopic (exact) mass is 541 g/mol. The summed E-state index contributed by atoms with van der Waals surface area (Å²) in [5.74, 6) is 0.911. The molecule has 5 aromatic rings. The van der Waals surface area contributed by atoms with Crippen LogP contribution in [0.25, 0.3) is 22.4 Å². The van der Waals surface area contributed by atoms with Gasteiger partial charge in [-0.2, -0.15) is 0 Å². The molecule has 1 fully saturated rings. The molecule has 0 aliphatic heterocycles. The van der Waals surface area contributed by atoms with Crippen LogP contribution in [0.3, 0.4) is 0 Å². The number of nitrogens with zero attached hydrogens (tertiary/aromatic N) is 3. The third kappa shape index (κ3) is 5.27. The SMILES string of the molecule is CNc1nc(C(Cc2ccc(O)cc2)NC(=O)c2ccc3c(c2)nc(-c2ccoc2)n3C2CCCCC2)cs1. The van der Waals surface area contributed by atoms with Gasteiger partial charge in [-0.1, -0.05) is 31.4 Å². The Labute approximate surface area is 230 Å². The van der Waals surface area contributed by atoms with E-state index in [0.717, 1.165) is 51.7 Å². The van der Waals surface area contributed by atoms with E-state index in [1.807, 2.05) is 48.8 Å². The van der Waals surface area contributed by atoms with Crippen LogP contribution in [-0.4, -0.2) is 32.6 Å². The number of phenolic OH excluding ortho intramolecular Hbond substituents is 1. The summed E-state index contributed by atoms with van der Waals surface area (Å²) >= 11 is 1.50. The van der Waals surface area contributed by atoms with Gasteiger partial charge in [0, 0.05) is 24.0 Å². The molecule has 0 saturated heterocycles. The van der Waals surface area contributed by atoms with E-state index < -0.39 is 0 Å². The zero-order valence-electron chi connectivity index (χ0n) is 21.8. The fourth-order valence-electron chi connectivity index (χ4n) is 5.44. The number of furan rings is 1. The number of hydrogen-bond acceptors (Lipinski definition) is 7. The molecule has 1 saturated carbocycles. The molecule has 2 aromatic carbocycles. The second kappa shape index (κ2) is 10.9. The number of aromatic hydroxyl groups is 1. The largest absolute Gasteiger partial charge is 0.508 e. The molecule has 6 rings (SSSR count). The van der Waals surface area contributed by atoms with Crippen LogP contribution in [0.5, 0.6) is 5.75 Å². The number of anilines is 1. The third-order valence-electron chi connectivity index (χ3n) is 7.45. The maximum absolute atomic E-state index is 13.6. The number of hydrogen-bond donors (Lipinski definition) is 3. The van der Waals surface area contributed by atoms with Crippen LogP contribution < -0.4 is 10.6 Å². The number of fused-ring (bicyclic) bond motifs is 1. The molecule has 200 valence electrons. The van der Waals surface area contributed by atoms with E-state index in [0.29, 0.717) is 18.0 Å². The summed E-state index contributed by atoms with van der Waals surface area (Å²) in [7, 11) is 1.83. The van der Waals surface area contributed by atoms with Crippen LogP contribution in [0.2, 0.25) is 0 Å². The van der Waals surface area contributed by atoms with E-state index in [1.54, 1.807) is 24.7 Å². The molecule has 0 spiro atoms. The summed E-state index contributed by atoms with van der Waals surface area (Å²) in [6, 6.07) is 14.8. The first-order valence-corrected chi connectivity index (χ1v) is 14.2. The molecule has 1 amide bonds.